The summed E-state index contributed by atoms with van der Waals surface area (Å²) in [5.41, 5.74) is 2.27. The van der Waals surface area contributed by atoms with Crippen molar-refractivity contribution in [3.05, 3.63) is 103 Å². The van der Waals surface area contributed by atoms with Crippen molar-refractivity contribution in [1.82, 2.24) is 33.9 Å². The number of nitrogens with zero attached hydrogens (tertiary/aromatic N) is 7. The number of alkyl halides is 3. The number of aromatic nitrogens is 5. The van der Waals surface area contributed by atoms with E-state index < -0.39 is 34.7 Å². The van der Waals surface area contributed by atoms with E-state index in [2.05, 4.69) is 20.2 Å². The van der Waals surface area contributed by atoms with Gasteiger partial charge in [0.1, 0.15) is 11.2 Å². The van der Waals surface area contributed by atoms with Gasteiger partial charge in [-0.15, -0.1) is 6.54 Å². The first-order valence-electron chi connectivity index (χ1n) is 18.5. The van der Waals surface area contributed by atoms with Gasteiger partial charge in [0.2, 0.25) is 11.7 Å². The van der Waals surface area contributed by atoms with E-state index in [1.165, 1.54) is 26.1 Å². The van der Waals surface area contributed by atoms with E-state index in [4.69, 9.17) is 37.7 Å². The molecule has 1 fully saturated rings. The molecule has 0 saturated carbocycles. The number of pyridine rings is 1. The van der Waals surface area contributed by atoms with Crippen LogP contribution in [0.1, 0.15) is 42.3 Å². The third-order valence-corrected chi connectivity index (χ3v) is 11.6. The molecule has 1 unspecified atom stereocenters. The summed E-state index contributed by atoms with van der Waals surface area (Å²) in [6.45, 7) is 4.78. The van der Waals surface area contributed by atoms with Crippen molar-refractivity contribution in [2.24, 2.45) is 14.1 Å². The molecule has 1 saturated heterocycles. The van der Waals surface area contributed by atoms with Crippen molar-refractivity contribution >= 4 is 45.7 Å². The number of fused-ring (bicyclic) bond motifs is 2. The van der Waals surface area contributed by atoms with Gasteiger partial charge in [-0.05, 0) is 43.6 Å². The largest absolute Gasteiger partial charge is 2.00 e. The number of hydrogen-bond acceptors (Lipinski definition) is 11. The molecule has 1 radical (unpaired) electrons. The maximum Gasteiger partial charge on any atom is 2.00 e. The van der Waals surface area contributed by atoms with Gasteiger partial charge in [-0.3, -0.25) is 19.8 Å². The first-order valence-corrected chi connectivity index (χ1v) is 19.3. The quantitative estimate of drug-likeness (QED) is 0.0940. The van der Waals surface area contributed by atoms with Crippen molar-refractivity contribution in [2.45, 2.75) is 37.9 Å². The monoisotopic (exact) mass is 895 g/mol. The molecule has 13 nitrogen and oxygen atoms in total. The number of aliphatic hydroxyl groups excluding tert-OH is 1. The van der Waals surface area contributed by atoms with Gasteiger partial charge >= 0.3 is 28.9 Å². The zero-order valence-electron chi connectivity index (χ0n) is 32.5. The molecule has 313 valence electrons. The minimum atomic E-state index is -4.99. The van der Waals surface area contributed by atoms with E-state index in [1.54, 1.807) is 32.4 Å². The second kappa shape index (κ2) is 18.3. The van der Waals surface area contributed by atoms with Crippen LogP contribution < -0.4 is 21.3 Å². The number of benzene rings is 2. The first-order chi connectivity index (χ1) is 27.7. The SMILES string of the molecule is COCCN([CH-]O)CC[C-]1CCN(C2CCc3cc(-c4cccc(-c5cccc(Nc6nc(C(F)(F)F)nc7c6c(=O)n(C)c(=O)n7C)c5Cl)c4Cl)nc(OC)c32)C1.[Mn+2]. The molecule has 7 rings (SSSR count). The zero-order valence-corrected chi connectivity index (χ0v) is 35.2. The Balaban J connectivity index is 0.00000585. The molecule has 1 atom stereocenters. The molecule has 2 aromatic carbocycles. The molecule has 1 aliphatic heterocycles. The standard InChI is InChI=1S/C40H41Cl2F3N8O5.Mn/c1-50-35-31(37(55)51(2)39(50)56)34(48-38(49-35)40(43,44)45)46-27-10-6-8-25(33(27)42)24-7-5-9-26(32(24)41)28-19-23-11-12-29(30(23)36(47-28)58-4)53-16-14-22(20-53)13-15-52(21-54)17-18-57-3;/h5-10,19,21,29,54H,11-18,20H2,1-4H3,(H,46,48,49);/q-2;+2. The minimum absolute atomic E-state index is 0. The number of anilines is 2. The maximum atomic E-state index is 14.0. The third kappa shape index (κ3) is 8.75. The van der Waals surface area contributed by atoms with Gasteiger partial charge in [-0.1, -0.05) is 60.1 Å². The van der Waals surface area contributed by atoms with Crippen LogP contribution in [0.2, 0.25) is 10.0 Å². The number of halogens is 5. The fourth-order valence-electron chi connectivity index (χ4n) is 7.77. The van der Waals surface area contributed by atoms with E-state index in [0.717, 1.165) is 72.3 Å². The Morgan fingerprint density at radius 3 is 2.42 bits per heavy atom. The number of rotatable bonds is 13. The average Bonchev–Trinajstić information content (AvgIpc) is 3.87. The van der Waals surface area contributed by atoms with Crippen molar-refractivity contribution in [3.63, 3.8) is 0 Å². The van der Waals surface area contributed by atoms with Gasteiger partial charge in [-0.25, -0.2) is 19.7 Å². The Kier molecular flexibility index (Phi) is 13.8. The van der Waals surface area contributed by atoms with Gasteiger partial charge in [0.15, 0.2) is 5.65 Å². The molecule has 3 aromatic heterocycles. The number of likely N-dealkylation sites (tertiary alicyclic amines) is 1. The predicted molar refractivity (Wildman–Crippen MR) is 215 cm³/mol. The Hall–Kier alpha value is -4.06. The molecular weight excluding hydrogens is 855 g/mol. The van der Waals surface area contributed by atoms with Crippen molar-refractivity contribution in [3.8, 4) is 28.3 Å². The summed E-state index contributed by atoms with van der Waals surface area (Å²) < 4.78 is 54.5. The first kappa shape index (κ1) is 44.5. The molecule has 2 N–H and O–H groups in total. The van der Waals surface area contributed by atoms with Crippen molar-refractivity contribution < 1.29 is 44.8 Å². The van der Waals surface area contributed by atoms with Crippen LogP contribution in [0.4, 0.5) is 24.7 Å². The molecule has 5 aromatic rings. The van der Waals surface area contributed by atoms with Crippen LogP contribution in [0.15, 0.2) is 52.1 Å². The van der Waals surface area contributed by atoms with Crippen LogP contribution in [-0.2, 0) is 48.5 Å². The minimum Gasteiger partial charge on any atom is -0.551 e. The van der Waals surface area contributed by atoms with Gasteiger partial charge in [0.25, 0.3) is 5.56 Å². The Bertz CT molecular complexity index is 2490. The summed E-state index contributed by atoms with van der Waals surface area (Å²) in [6, 6.07) is 12.5. The number of hydrogen-bond donors (Lipinski definition) is 2. The zero-order chi connectivity index (χ0) is 41.5. The number of methoxy groups -OCH3 is 2. The van der Waals surface area contributed by atoms with Crippen LogP contribution in [0, 0.1) is 12.6 Å². The maximum absolute atomic E-state index is 14.0. The molecule has 1 aliphatic carbocycles. The summed E-state index contributed by atoms with van der Waals surface area (Å²) >= 11 is 14.1. The molecule has 19 heteroatoms. The van der Waals surface area contributed by atoms with E-state index in [1.807, 2.05) is 23.1 Å². The number of aliphatic hydroxyl groups is 1. The molecule has 59 heavy (non-hydrogen) atoms. The fraction of sp³-hybridized carbons (Fsp3) is 0.375. The summed E-state index contributed by atoms with van der Waals surface area (Å²) in [5.74, 6) is -0.0724. The summed E-state index contributed by atoms with van der Waals surface area (Å²) in [5, 5.41) is 12.5. The number of aryl methyl sites for hydroxylation is 2. The van der Waals surface area contributed by atoms with E-state index in [0.29, 0.717) is 46.4 Å². The fourth-order valence-corrected chi connectivity index (χ4v) is 8.37. The molecule has 4 heterocycles. The molecular formula is C40H41Cl2F3MnN8O5. The van der Waals surface area contributed by atoms with Gasteiger partial charge in [-0.2, -0.15) is 32.7 Å². The normalized spacial score (nSPS) is 15.9. The predicted octanol–water partition coefficient (Wildman–Crippen LogP) is 6.93. The Morgan fingerprint density at radius 2 is 1.73 bits per heavy atom. The summed E-state index contributed by atoms with van der Waals surface area (Å²) in [4.78, 5) is 42.3. The number of nitrogens with one attached hydrogen (secondary N) is 1. The Labute approximate surface area is 358 Å². The molecule has 0 amide bonds. The topological polar surface area (TPSA) is 140 Å². The molecule has 2 aliphatic rings. The van der Waals surface area contributed by atoms with Crippen LogP contribution in [-0.4, -0.2) is 86.0 Å². The van der Waals surface area contributed by atoms with E-state index in [9.17, 15) is 27.9 Å². The second-order valence-corrected chi connectivity index (χ2v) is 15.0. The summed E-state index contributed by atoms with van der Waals surface area (Å²) in [6.07, 6.45) is -1.40. The Morgan fingerprint density at radius 1 is 1.02 bits per heavy atom. The van der Waals surface area contributed by atoms with E-state index in [-0.39, 0.29) is 39.2 Å². The van der Waals surface area contributed by atoms with Gasteiger partial charge < -0.3 is 29.7 Å². The van der Waals surface area contributed by atoms with Crippen LogP contribution >= 0.6 is 23.2 Å². The molecule has 0 bridgehead atoms. The van der Waals surface area contributed by atoms with Crippen LogP contribution in [0.3, 0.4) is 0 Å². The smallest absolute Gasteiger partial charge is 0.551 e. The van der Waals surface area contributed by atoms with Gasteiger partial charge in [0, 0.05) is 49.5 Å². The van der Waals surface area contributed by atoms with Crippen LogP contribution in [0.5, 0.6) is 5.88 Å². The van der Waals surface area contributed by atoms with Gasteiger partial charge in [0.05, 0.1) is 35.1 Å². The molecule has 0 spiro atoms. The van der Waals surface area contributed by atoms with E-state index >= 15 is 0 Å². The third-order valence-electron chi connectivity index (χ3n) is 10.8. The second-order valence-electron chi connectivity index (χ2n) is 14.3. The number of ether oxygens (including phenoxy) is 2. The van der Waals surface area contributed by atoms with Crippen molar-refractivity contribution in [1.29, 1.82) is 0 Å². The average molecular weight is 897 g/mol. The summed E-state index contributed by atoms with van der Waals surface area (Å²) in [7, 11) is 5.67. The van der Waals surface area contributed by atoms with Crippen molar-refractivity contribution in [2.75, 3.05) is 52.3 Å². The van der Waals surface area contributed by atoms with Crippen LogP contribution in [0.25, 0.3) is 33.4 Å².